The number of aromatic nitrogens is 4. The molecule has 2 heterocycles. The molecule has 1 aliphatic rings. The Bertz CT molecular complexity index is 2320. The predicted octanol–water partition coefficient (Wildman–Crippen LogP) is 9.11. The van der Waals surface area contributed by atoms with Crippen LogP contribution in [-0.4, -0.2) is 61.6 Å². The summed E-state index contributed by atoms with van der Waals surface area (Å²) in [6.07, 6.45) is 5.21. The van der Waals surface area contributed by atoms with Gasteiger partial charge in [0.2, 0.25) is 5.91 Å². The number of rotatable bonds is 18. The number of carbonyl (C=O) groups is 3. The lowest BCUT2D eigenvalue weighted by Gasteiger charge is -2.34. The van der Waals surface area contributed by atoms with Gasteiger partial charge in [-0.15, -0.1) is 15.0 Å². The fraction of sp³-hybridized carbons (Fsp3) is 0.265. The molecule has 0 aliphatic carbocycles. The fourth-order valence-electron chi connectivity index (χ4n) is 7.88. The molecule has 1 fully saturated rings. The molecule has 2 atom stereocenters. The number of alkyl halides is 2. The molecule has 1 aromatic heterocycles. The first-order valence-electron chi connectivity index (χ1n) is 20.5. The summed E-state index contributed by atoms with van der Waals surface area (Å²) in [7, 11) is 0. The number of nitrogens with zero attached hydrogens (tertiary/aromatic N) is 5. The van der Waals surface area contributed by atoms with Gasteiger partial charge in [0, 0.05) is 31.9 Å². The third-order valence-corrected chi connectivity index (χ3v) is 10.9. The lowest BCUT2D eigenvalue weighted by Crippen LogP contribution is -2.39. The van der Waals surface area contributed by atoms with E-state index in [4.69, 9.17) is 14.6 Å². The minimum absolute atomic E-state index is 0.0622. The van der Waals surface area contributed by atoms with Gasteiger partial charge in [-0.25, -0.2) is 4.79 Å². The number of carbonyl (C=O) groups excluding carboxylic acids is 3. The molecule has 312 valence electrons. The number of esters is 2. The van der Waals surface area contributed by atoms with E-state index in [-0.39, 0.29) is 29.2 Å². The number of amides is 1. The smallest absolute Gasteiger partial charge is 0.342 e. The van der Waals surface area contributed by atoms with Crippen LogP contribution in [0.25, 0.3) is 0 Å². The number of unbranched alkanes of at least 4 members (excludes halogenated alkanes) is 3. The topological polar surface area (TPSA) is 117 Å². The number of aryl methyl sites for hydroxylation is 1. The van der Waals surface area contributed by atoms with Crippen LogP contribution in [0.4, 0.5) is 8.78 Å². The van der Waals surface area contributed by atoms with Crippen LogP contribution in [0, 0.1) is 0 Å². The van der Waals surface area contributed by atoms with Crippen molar-refractivity contribution >= 4 is 17.8 Å². The summed E-state index contributed by atoms with van der Waals surface area (Å²) in [6.45, 7) is 1.62. The molecule has 7 rings (SSSR count). The molecular weight excluding hydrogens is 777 g/mol. The van der Waals surface area contributed by atoms with Crippen molar-refractivity contribution in [3.8, 4) is 5.75 Å². The number of tetrazole rings is 1. The van der Waals surface area contributed by atoms with E-state index in [0.717, 1.165) is 42.0 Å². The second kappa shape index (κ2) is 19.5. The van der Waals surface area contributed by atoms with Crippen LogP contribution in [0.5, 0.6) is 5.75 Å². The van der Waals surface area contributed by atoms with E-state index >= 15 is 8.78 Å². The second-order valence-corrected chi connectivity index (χ2v) is 15.0. The molecular formula is C49H47F2N5O5. The van der Waals surface area contributed by atoms with E-state index in [2.05, 4.69) is 46.7 Å². The van der Waals surface area contributed by atoms with Crippen LogP contribution >= 0.6 is 0 Å². The summed E-state index contributed by atoms with van der Waals surface area (Å²) in [5, 5.41) is 14.1. The molecule has 1 amide bonds. The van der Waals surface area contributed by atoms with Crippen LogP contribution in [0.2, 0.25) is 0 Å². The van der Waals surface area contributed by atoms with Gasteiger partial charge in [-0.3, -0.25) is 9.59 Å². The normalized spacial score (nSPS) is 14.9. The number of hydrogen-bond acceptors (Lipinski definition) is 8. The molecule has 0 spiro atoms. The van der Waals surface area contributed by atoms with E-state index < -0.39 is 35.5 Å². The average Bonchev–Trinajstić information content (AvgIpc) is 3.91. The highest BCUT2D eigenvalue weighted by molar-refractivity contribution is 5.93. The Morgan fingerprint density at radius 3 is 1.89 bits per heavy atom. The van der Waals surface area contributed by atoms with Crippen molar-refractivity contribution in [3.05, 3.63) is 191 Å². The third kappa shape index (κ3) is 9.64. The molecule has 0 N–H and O–H groups in total. The van der Waals surface area contributed by atoms with E-state index in [9.17, 15) is 14.4 Å². The van der Waals surface area contributed by atoms with Gasteiger partial charge < -0.3 is 14.4 Å². The van der Waals surface area contributed by atoms with Crippen LogP contribution in [0.15, 0.2) is 158 Å². The number of benzene rings is 5. The average molecular weight is 824 g/mol. The first kappa shape index (κ1) is 42.3. The molecule has 12 heteroatoms. The lowest BCUT2D eigenvalue weighted by atomic mass is 9.77. The van der Waals surface area contributed by atoms with Crippen molar-refractivity contribution in [3.63, 3.8) is 0 Å². The van der Waals surface area contributed by atoms with Gasteiger partial charge in [0.25, 0.3) is 0 Å². The monoisotopic (exact) mass is 823 g/mol. The maximum Gasteiger partial charge on any atom is 0.342 e. The Kier molecular flexibility index (Phi) is 13.5. The Balaban J connectivity index is 0.994. The number of para-hydroxylation sites is 1. The summed E-state index contributed by atoms with van der Waals surface area (Å²) < 4.78 is 42.8. The van der Waals surface area contributed by atoms with E-state index in [1.807, 2.05) is 54.6 Å². The van der Waals surface area contributed by atoms with E-state index in [1.54, 1.807) is 21.8 Å². The zero-order valence-corrected chi connectivity index (χ0v) is 33.9. The summed E-state index contributed by atoms with van der Waals surface area (Å²) >= 11 is 0. The van der Waals surface area contributed by atoms with Gasteiger partial charge in [-0.2, -0.15) is 8.78 Å². The molecule has 0 saturated carbocycles. The number of halogens is 2. The van der Waals surface area contributed by atoms with Gasteiger partial charge in [0.1, 0.15) is 11.3 Å². The highest BCUT2D eigenvalue weighted by Gasteiger charge is 2.44. The SMILES string of the molecule is CC(=O)Oc1ccccc1C(=O)O[C@H](/C=C/[C@H]1CCC(=O)N1CCCCCCc1nnn(C(c2ccccc2)(c2ccccc2)c2ccccc2)n1)C(F)(F)c1ccccc1. The van der Waals surface area contributed by atoms with Crippen LogP contribution in [0.1, 0.15) is 83.9 Å². The molecule has 0 radical (unpaired) electrons. The summed E-state index contributed by atoms with van der Waals surface area (Å²) in [4.78, 5) is 41.4. The highest BCUT2D eigenvalue weighted by atomic mass is 19.3. The summed E-state index contributed by atoms with van der Waals surface area (Å²) in [5.74, 6) is -4.91. The van der Waals surface area contributed by atoms with Crippen molar-refractivity contribution in [2.75, 3.05) is 6.54 Å². The van der Waals surface area contributed by atoms with E-state index in [1.165, 1.54) is 55.5 Å². The van der Waals surface area contributed by atoms with Crippen LogP contribution in [-0.2, 0) is 32.2 Å². The van der Waals surface area contributed by atoms with E-state index in [0.29, 0.717) is 31.6 Å². The quantitative estimate of drug-likeness (QED) is 0.0277. The first-order valence-corrected chi connectivity index (χ1v) is 20.5. The predicted molar refractivity (Wildman–Crippen MR) is 226 cm³/mol. The van der Waals surface area contributed by atoms with Crippen molar-refractivity contribution < 1.29 is 32.6 Å². The molecule has 5 aromatic carbocycles. The zero-order valence-electron chi connectivity index (χ0n) is 33.9. The first-order chi connectivity index (χ1) is 29.7. The van der Waals surface area contributed by atoms with Gasteiger partial charge in [-0.1, -0.05) is 152 Å². The summed E-state index contributed by atoms with van der Waals surface area (Å²) in [5.41, 5.74) is 1.65. The molecule has 6 aromatic rings. The Morgan fingerprint density at radius 2 is 1.30 bits per heavy atom. The standard InChI is InChI=1S/C49H47F2N5O5/c1-36(57)60-43-29-18-17-28-42(43)47(59)61-44(49(50,51)40-26-14-7-15-27-40)33-31-41-32-34-46(58)55(41)35-19-3-2-16-30-45-52-54-56(53-45)48(37-20-8-4-9-21-37,38-22-10-5-11-23-38)39-24-12-6-13-25-39/h4-15,17-18,20-29,31,33,41,44H,2-3,16,19,30,32,34-35H2,1H3/b33-31+/t41-,44+/m0/s1. The highest BCUT2D eigenvalue weighted by Crippen LogP contribution is 2.40. The maximum atomic E-state index is 16.1. The van der Waals surface area contributed by atoms with Crippen LogP contribution < -0.4 is 4.74 Å². The van der Waals surface area contributed by atoms with Crippen molar-refractivity contribution in [1.29, 1.82) is 0 Å². The fourth-order valence-corrected chi connectivity index (χ4v) is 7.88. The van der Waals surface area contributed by atoms with Crippen molar-refractivity contribution in [2.24, 2.45) is 0 Å². The second-order valence-electron chi connectivity index (χ2n) is 15.0. The zero-order chi connectivity index (χ0) is 42.7. The van der Waals surface area contributed by atoms with Gasteiger partial charge >= 0.3 is 17.9 Å². The summed E-state index contributed by atoms with van der Waals surface area (Å²) in [6, 6.07) is 43.0. The third-order valence-electron chi connectivity index (χ3n) is 10.9. The van der Waals surface area contributed by atoms with Gasteiger partial charge in [0.15, 0.2) is 17.5 Å². The molecule has 0 unspecified atom stereocenters. The minimum Gasteiger partial charge on any atom is -0.448 e. The maximum absolute atomic E-state index is 16.1. The minimum atomic E-state index is -3.62. The van der Waals surface area contributed by atoms with Gasteiger partial charge in [0.05, 0.1) is 6.04 Å². The molecule has 61 heavy (non-hydrogen) atoms. The number of hydrogen-bond donors (Lipinski definition) is 0. The van der Waals surface area contributed by atoms with Gasteiger partial charge in [-0.05, 0) is 59.4 Å². The molecule has 10 nitrogen and oxygen atoms in total. The Labute approximate surface area is 353 Å². The number of likely N-dealkylation sites (tertiary alicyclic amines) is 1. The van der Waals surface area contributed by atoms with Crippen molar-refractivity contribution in [2.45, 2.75) is 75.5 Å². The number of ether oxygens (including phenoxy) is 2. The van der Waals surface area contributed by atoms with Crippen molar-refractivity contribution in [1.82, 2.24) is 25.1 Å². The Morgan fingerprint density at radius 1 is 0.754 bits per heavy atom. The molecule has 1 aliphatic heterocycles. The lowest BCUT2D eigenvalue weighted by molar-refractivity contribution is -0.132. The Hall–Kier alpha value is -6.82. The largest absolute Gasteiger partial charge is 0.448 e. The van der Waals surface area contributed by atoms with Crippen LogP contribution in [0.3, 0.4) is 0 Å². The molecule has 0 bridgehead atoms. The molecule has 1 saturated heterocycles.